The fourth-order valence-corrected chi connectivity index (χ4v) is 2.95. The van der Waals surface area contributed by atoms with Gasteiger partial charge in [-0.25, -0.2) is 0 Å². The van der Waals surface area contributed by atoms with Crippen LogP contribution in [0, 0.1) is 11.3 Å². The molecular formula is C18H15NO2. The van der Waals surface area contributed by atoms with Crippen molar-refractivity contribution in [3.05, 3.63) is 64.7 Å². The van der Waals surface area contributed by atoms with Gasteiger partial charge in [0.05, 0.1) is 17.7 Å². The highest BCUT2D eigenvalue weighted by atomic mass is 16.6. The average Bonchev–Trinajstić information content (AvgIpc) is 3.33. The average molecular weight is 277 g/mol. The summed E-state index contributed by atoms with van der Waals surface area (Å²) in [6.07, 6.45) is 3.04. The highest BCUT2D eigenvalue weighted by molar-refractivity contribution is 5.39. The van der Waals surface area contributed by atoms with Crippen molar-refractivity contribution >= 4 is 0 Å². The molecule has 1 fully saturated rings. The molecule has 1 saturated heterocycles. The second-order valence-corrected chi connectivity index (χ2v) is 5.59. The van der Waals surface area contributed by atoms with E-state index in [1.165, 1.54) is 11.1 Å². The zero-order valence-electron chi connectivity index (χ0n) is 11.6. The Hall–Kier alpha value is -2.31. The molecule has 1 heterocycles. The normalized spacial score (nSPS) is 21.9. The van der Waals surface area contributed by atoms with Crippen LogP contribution in [-0.2, 0) is 17.8 Å². The van der Waals surface area contributed by atoms with Gasteiger partial charge in [0.2, 0.25) is 0 Å². The van der Waals surface area contributed by atoms with Crippen LogP contribution < -0.4 is 4.74 Å². The number of hydrogen-bond donors (Lipinski definition) is 0. The summed E-state index contributed by atoms with van der Waals surface area (Å²) < 4.78 is 11.5. The van der Waals surface area contributed by atoms with Gasteiger partial charge in [-0.15, -0.1) is 0 Å². The van der Waals surface area contributed by atoms with Gasteiger partial charge in [0.1, 0.15) is 18.5 Å². The van der Waals surface area contributed by atoms with Crippen LogP contribution in [0.2, 0.25) is 0 Å². The molecule has 0 radical (unpaired) electrons. The van der Waals surface area contributed by atoms with E-state index in [4.69, 9.17) is 14.7 Å². The molecular weight excluding hydrogens is 262 g/mol. The van der Waals surface area contributed by atoms with Crippen LogP contribution >= 0.6 is 0 Å². The maximum atomic E-state index is 8.78. The number of fused-ring (bicyclic) bond motifs is 3. The van der Waals surface area contributed by atoms with Gasteiger partial charge in [-0.2, -0.15) is 5.26 Å². The van der Waals surface area contributed by atoms with E-state index in [9.17, 15) is 0 Å². The Bertz CT molecular complexity index is 715. The largest absolute Gasteiger partial charge is 0.489 e. The number of epoxide rings is 1. The van der Waals surface area contributed by atoms with E-state index >= 15 is 0 Å². The fraction of sp³-hybridized carbons (Fsp3) is 0.278. The van der Waals surface area contributed by atoms with E-state index in [1.807, 2.05) is 12.1 Å². The Morgan fingerprint density at radius 3 is 2.86 bits per heavy atom. The second-order valence-electron chi connectivity index (χ2n) is 5.59. The number of benzene rings is 2. The summed E-state index contributed by atoms with van der Waals surface area (Å²) in [4.78, 5) is 0. The maximum absolute atomic E-state index is 8.78. The van der Waals surface area contributed by atoms with Gasteiger partial charge in [-0.05, 0) is 59.9 Å². The molecule has 0 aromatic heterocycles. The van der Waals surface area contributed by atoms with Crippen molar-refractivity contribution in [3.8, 4) is 11.8 Å². The quantitative estimate of drug-likeness (QED) is 0.806. The summed E-state index contributed by atoms with van der Waals surface area (Å²) in [5.74, 6) is 0.785. The number of rotatable bonds is 3. The van der Waals surface area contributed by atoms with Crippen LogP contribution in [0.4, 0.5) is 0 Å². The third-order valence-electron chi connectivity index (χ3n) is 4.19. The van der Waals surface area contributed by atoms with E-state index in [1.54, 1.807) is 12.1 Å². The van der Waals surface area contributed by atoms with Crippen molar-refractivity contribution in [1.29, 1.82) is 5.26 Å². The zero-order valence-corrected chi connectivity index (χ0v) is 11.6. The third-order valence-corrected chi connectivity index (χ3v) is 4.19. The molecule has 21 heavy (non-hydrogen) atoms. The molecule has 0 saturated carbocycles. The Kier molecular flexibility index (Phi) is 2.90. The van der Waals surface area contributed by atoms with Crippen LogP contribution in [0.15, 0.2) is 42.5 Å². The molecule has 3 nitrogen and oxygen atoms in total. The minimum absolute atomic E-state index is 0.323. The van der Waals surface area contributed by atoms with Crippen molar-refractivity contribution in [3.63, 3.8) is 0 Å². The molecule has 2 atom stereocenters. The molecule has 0 amide bonds. The highest BCUT2D eigenvalue weighted by Gasteiger charge is 2.43. The number of ether oxygens (including phenoxy) is 2. The lowest BCUT2D eigenvalue weighted by molar-refractivity contribution is 0.306. The van der Waals surface area contributed by atoms with E-state index in [2.05, 4.69) is 24.3 Å². The van der Waals surface area contributed by atoms with Crippen molar-refractivity contribution in [2.75, 3.05) is 0 Å². The van der Waals surface area contributed by atoms with Crippen LogP contribution in [0.3, 0.4) is 0 Å². The van der Waals surface area contributed by atoms with Gasteiger partial charge in [-0.3, -0.25) is 0 Å². The van der Waals surface area contributed by atoms with E-state index in [0.29, 0.717) is 24.4 Å². The molecule has 2 aliphatic rings. The third kappa shape index (κ3) is 2.39. The van der Waals surface area contributed by atoms with E-state index in [0.717, 1.165) is 24.2 Å². The summed E-state index contributed by atoms with van der Waals surface area (Å²) in [5, 5.41) is 8.78. The van der Waals surface area contributed by atoms with E-state index < -0.39 is 0 Å². The first-order valence-corrected chi connectivity index (χ1v) is 7.23. The second kappa shape index (κ2) is 4.91. The summed E-state index contributed by atoms with van der Waals surface area (Å²) in [6, 6.07) is 15.8. The van der Waals surface area contributed by atoms with Gasteiger partial charge in [0.25, 0.3) is 0 Å². The number of aryl methyl sites for hydroxylation is 1. The summed E-state index contributed by atoms with van der Waals surface area (Å²) >= 11 is 0. The van der Waals surface area contributed by atoms with Gasteiger partial charge in [0, 0.05) is 0 Å². The first-order valence-electron chi connectivity index (χ1n) is 7.23. The minimum atomic E-state index is 0.323. The van der Waals surface area contributed by atoms with Crippen LogP contribution in [0.25, 0.3) is 0 Å². The molecule has 2 aromatic carbocycles. The number of nitrogens with zero attached hydrogens (tertiary/aromatic N) is 1. The molecule has 104 valence electrons. The zero-order chi connectivity index (χ0) is 14.2. The molecule has 0 spiro atoms. The van der Waals surface area contributed by atoms with Gasteiger partial charge >= 0.3 is 0 Å². The highest BCUT2D eigenvalue weighted by Crippen LogP contribution is 2.47. The smallest absolute Gasteiger partial charge is 0.119 e. The Morgan fingerprint density at radius 1 is 1.19 bits per heavy atom. The minimum Gasteiger partial charge on any atom is -0.489 e. The van der Waals surface area contributed by atoms with Crippen molar-refractivity contribution in [2.24, 2.45) is 0 Å². The maximum Gasteiger partial charge on any atom is 0.119 e. The Labute approximate surface area is 123 Å². The molecule has 0 N–H and O–H groups in total. The van der Waals surface area contributed by atoms with Gasteiger partial charge in [0.15, 0.2) is 0 Å². The fourth-order valence-electron chi connectivity index (χ4n) is 2.95. The van der Waals surface area contributed by atoms with Crippen molar-refractivity contribution in [2.45, 2.75) is 31.7 Å². The van der Waals surface area contributed by atoms with Crippen LogP contribution in [0.1, 0.15) is 34.8 Å². The van der Waals surface area contributed by atoms with E-state index in [-0.39, 0.29) is 0 Å². The van der Waals surface area contributed by atoms with Gasteiger partial charge in [-0.1, -0.05) is 12.1 Å². The lowest BCUT2D eigenvalue weighted by atomic mass is 9.90. The summed E-state index contributed by atoms with van der Waals surface area (Å²) in [7, 11) is 0. The topological polar surface area (TPSA) is 45.5 Å². The van der Waals surface area contributed by atoms with Gasteiger partial charge < -0.3 is 9.47 Å². The van der Waals surface area contributed by atoms with Crippen LogP contribution in [0.5, 0.6) is 5.75 Å². The lowest BCUT2D eigenvalue weighted by Gasteiger charge is -2.14. The predicted molar refractivity (Wildman–Crippen MR) is 77.9 cm³/mol. The summed E-state index contributed by atoms with van der Waals surface area (Å²) in [6.45, 7) is 0.538. The number of hydrogen-bond acceptors (Lipinski definition) is 3. The van der Waals surface area contributed by atoms with Crippen molar-refractivity contribution < 1.29 is 9.47 Å². The first kappa shape index (κ1) is 12.4. The molecule has 1 aliphatic heterocycles. The molecule has 2 unspecified atom stereocenters. The Balaban J connectivity index is 1.47. The monoisotopic (exact) mass is 277 g/mol. The lowest BCUT2D eigenvalue weighted by Crippen LogP contribution is -2.06. The Morgan fingerprint density at radius 2 is 2.05 bits per heavy atom. The molecule has 1 aliphatic carbocycles. The molecule has 4 rings (SSSR count). The molecule has 0 bridgehead atoms. The SMILES string of the molecule is N#Cc1ccc(OCc2ccc3c(c2)C2OC2CC3)cc1. The molecule has 2 aromatic rings. The summed E-state index contributed by atoms with van der Waals surface area (Å²) in [5.41, 5.74) is 4.56. The standard InChI is InChI=1S/C18H15NO2/c19-10-12-2-6-15(7-3-12)20-11-13-1-4-14-5-8-17-18(21-17)16(14)9-13/h1-4,6-7,9,17-18H,5,8,11H2. The number of nitriles is 1. The van der Waals surface area contributed by atoms with Crippen LogP contribution in [-0.4, -0.2) is 6.10 Å². The first-order chi connectivity index (χ1) is 10.3. The van der Waals surface area contributed by atoms with Crippen molar-refractivity contribution in [1.82, 2.24) is 0 Å². The molecule has 3 heteroatoms. The predicted octanol–water partition coefficient (Wildman–Crippen LogP) is 3.52.